The van der Waals surface area contributed by atoms with E-state index in [-0.39, 0.29) is 0 Å². The van der Waals surface area contributed by atoms with Crippen LogP contribution in [0.2, 0.25) is 0 Å². The lowest BCUT2D eigenvalue weighted by Gasteiger charge is -2.39. The molecule has 1 fully saturated rings. The van der Waals surface area contributed by atoms with Crippen LogP contribution < -0.4 is 10.1 Å². The number of rotatable bonds is 6. The molecule has 1 N–H and O–H groups in total. The fourth-order valence-corrected chi connectivity index (χ4v) is 3.91. The maximum absolute atomic E-state index is 5.51. The molecule has 1 saturated heterocycles. The second kappa shape index (κ2) is 9.62. The molecule has 0 amide bonds. The number of methoxy groups -OCH3 is 1. The van der Waals surface area contributed by atoms with E-state index >= 15 is 0 Å². The number of aryl methyl sites for hydroxylation is 1. The van der Waals surface area contributed by atoms with E-state index in [1.165, 1.54) is 11.1 Å². The Hall–Kier alpha value is -2.50. The van der Waals surface area contributed by atoms with E-state index in [9.17, 15) is 0 Å². The lowest BCUT2D eigenvalue weighted by molar-refractivity contribution is 0.189. The maximum atomic E-state index is 5.51. The van der Waals surface area contributed by atoms with E-state index in [4.69, 9.17) is 9.73 Å². The van der Waals surface area contributed by atoms with Gasteiger partial charge in [0.1, 0.15) is 5.75 Å². The minimum atomic E-state index is 0.428. The quantitative estimate of drug-likeness (QED) is 0.614. The summed E-state index contributed by atoms with van der Waals surface area (Å²) in [5, 5.41) is 3.48. The Balaban J connectivity index is 1.69. The first kappa shape index (κ1) is 20.2. The molecular weight excluding hydrogens is 350 g/mol. The van der Waals surface area contributed by atoms with Gasteiger partial charge in [-0.1, -0.05) is 24.6 Å². The third-order valence-electron chi connectivity index (χ3n) is 5.54. The number of guanidine groups is 1. The zero-order valence-electron chi connectivity index (χ0n) is 17.6. The fourth-order valence-electron chi connectivity index (χ4n) is 3.91. The minimum Gasteiger partial charge on any atom is -0.496 e. The molecule has 2 unspecified atom stereocenters. The van der Waals surface area contributed by atoms with E-state index in [1.54, 1.807) is 7.11 Å². The third kappa shape index (κ3) is 4.86. The molecule has 0 spiro atoms. The molecule has 3 rings (SSSR count). The first-order valence-corrected chi connectivity index (χ1v) is 10.3. The Kier molecular flexibility index (Phi) is 6.95. The van der Waals surface area contributed by atoms with Gasteiger partial charge in [0.15, 0.2) is 5.96 Å². The number of hydrogen-bond acceptors (Lipinski definition) is 3. The van der Waals surface area contributed by atoms with Crippen molar-refractivity contribution in [3.8, 4) is 5.75 Å². The average molecular weight is 384 g/mol. The van der Waals surface area contributed by atoms with Gasteiger partial charge in [-0.15, -0.1) is 0 Å². The molecule has 1 aliphatic heterocycles. The van der Waals surface area contributed by atoms with Crippen LogP contribution in [0.25, 0.3) is 0 Å². The first-order valence-electron chi connectivity index (χ1n) is 10.3. The van der Waals surface area contributed by atoms with Crippen LogP contribution in [0.15, 0.2) is 41.9 Å². The molecule has 1 aromatic heterocycles. The fraction of sp³-hybridized carbons (Fsp3) is 0.545. The van der Waals surface area contributed by atoms with Gasteiger partial charge in [-0.2, -0.15) is 0 Å². The van der Waals surface area contributed by atoms with Crippen molar-refractivity contribution in [1.82, 2.24) is 19.8 Å². The van der Waals surface area contributed by atoms with E-state index in [0.717, 1.165) is 50.7 Å². The smallest absolute Gasteiger partial charge is 0.193 e. The highest BCUT2D eigenvalue weighted by Gasteiger charge is 2.28. The number of hydrogen-bond donors (Lipinski definition) is 1. The molecule has 1 aliphatic rings. The molecular formula is C22H33N5O. The minimum absolute atomic E-state index is 0.428. The topological polar surface area (TPSA) is 54.7 Å². The van der Waals surface area contributed by atoms with Crippen LogP contribution in [0.3, 0.4) is 0 Å². The molecule has 1 aromatic carbocycles. The Labute approximate surface area is 168 Å². The standard InChI is InChI=1S/C22H33N5O/c1-5-24-22(25-10-8-19-14-17(2)6-7-21(19)28-4)26-12-9-18(3)20(15-26)27-13-11-23-16-27/h6-7,11,13-14,16,18,20H,5,8-10,12,15H2,1-4H3,(H,24,25). The summed E-state index contributed by atoms with van der Waals surface area (Å²) in [5.74, 6) is 2.58. The Morgan fingerprint density at radius 3 is 2.96 bits per heavy atom. The normalized spacial score (nSPS) is 20.3. The highest BCUT2D eigenvalue weighted by Crippen LogP contribution is 2.27. The molecule has 28 heavy (non-hydrogen) atoms. The number of piperidine rings is 1. The van der Waals surface area contributed by atoms with Crippen molar-refractivity contribution in [2.24, 2.45) is 10.9 Å². The number of benzene rings is 1. The van der Waals surface area contributed by atoms with E-state index in [2.05, 4.69) is 58.9 Å². The summed E-state index contributed by atoms with van der Waals surface area (Å²) in [6, 6.07) is 6.75. The summed E-state index contributed by atoms with van der Waals surface area (Å²) in [6.45, 7) is 10.2. The van der Waals surface area contributed by atoms with Crippen molar-refractivity contribution in [1.29, 1.82) is 0 Å². The number of imidazole rings is 1. The van der Waals surface area contributed by atoms with Gasteiger partial charge in [0, 0.05) is 38.6 Å². The van der Waals surface area contributed by atoms with Crippen LogP contribution in [0, 0.1) is 12.8 Å². The van der Waals surface area contributed by atoms with Gasteiger partial charge in [-0.25, -0.2) is 4.98 Å². The predicted octanol–water partition coefficient (Wildman–Crippen LogP) is 3.29. The SMILES string of the molecule is CCNC(=NCCc1cc(C)ccc1OC)N1CCC(C)C(n2ccnc2)C1. The number of likely N-dealkylation sites (tertiary alicyclic amines) is 1. The summed E-state index contributed by atoms with van der Waals surface area (Å²) in [6.07, 6.45) is 7.88. The van der Waals surface area contributed by atoms with Gasteiger partial charge in [-0.05, 0) is 44.2 Å². The number of nitrogens with one attached hydrogen (secondary N) is 1. The Morgan fingerprint density at radius 2 is 2.25 bits per heavy atom. The van der Waals surface area contributed by atoms with Gasteiger partial charge in [-0.3, -0.25) is 4.99 Å². The van der Waals surface area contributed by atoms with Gasteiger partial charge < -0.3 is 19.5 Å². The van der Waals surface area contributed by atoms with E-state index < -0.39 is 0 Å². The second-order valence-electron chi connectivity index (χ2n) is 7.59. The van der Waals surface area contributed by atoms with Gasteiger partial charge in [0.2, 0.25) is 0 Å². The molecule has 0 bridgehead atoms. The maximum Gasteiger partial charge on any atom is 0.193 e. The number of ether oxygens (including phenoxy) is 1. The summed E-state index contributed by atoms with van der Waals surface area (Å²) < 4.78 is 7.74. The monoisotopic (exact) mass is 383 g/mol. The molecule has 6 nitrogen and oxygen atoms in total. The van der Waals surface area contributed by atoms with E-state index in [0.29, 0.717) is 12.0 Å². The van der Waals surface area contributed by atoms with Gasteiger partial charge in [0.05, 0.1) is 19.5 Å². The molecule has 6 heteroatoms. The zero-order valence-corrected chi connectivity index (χ0v) is 17.6. The van der Waals surface area contributed by atoms with Crippen LogP contribution >= 0.6 is 0 Å². The van der Waals surface area contributed by atoms with Crippen molar-refractivity contribution in [3.05, 3.63) is 48.0 Å². The van der Waals surface area contributed by atoms with Crippen LogP contribution in [0.4, 0.5) is 0 Å². The average Bonchev–Trinajstić information content (AvgIpc) is 3.22. The molecule has 0 saturated carbocycles. The van der Waals surface area contributed by atoms with Gasteiger partial charge in [0.25, 0.3) is 0 Å². The van der Waals surface area contributed by atoms with Crippen LogP contribution in [0.1, 0.15) is 37.4 Å². The molecule has 0 aliphatic carbocycles. The van der Waals surface area contributed by atoms with Crippen LogP contribution in [-0.2, 0) is 6.42 Å². The highest BCUT2D eigenvalue weighted by molar-refractivity contribution is 5.80. The summed E-state index contributed by atoms with van der Waals surface area (Å²) in [5.41, 5.74) is 2.46. The molecule has 152 valence electrons. The lowest BCUT2D eigenvalue weighted by atomic mass is 9.93. The van der Waals surface area contributed by atoms with Crippen molar-refractivity contribution >= 4 is 5.96 Å². The highest BCUT2D eigenvalue weighted by atomic mass is 16.5. The molecule has 0 radical (unpaired) electrons. The summed E-state index contributed by atoms with van der Waals surface area (Å²) in [4.78, 5) is 11.6. The van der Waals surface area contributed by atoms with Crippen molar-refractivity contribution < 1.29 is 4.74 Å². The van der Waals surface area contributed by atoms with Crippen molar-refractivity contribution in [3.63, 3.8) is 0 Å². The Morgan fingerprint density at radius 1 is 1.39 bits per heavy atom. The predicted molar refractivity (Wildman–Crippen MR) is 114 cm³/mol. The first-order chi connectivity index (χ1) is 13.6. The number of aliphatic imine (C=N–C) groups is 1. The van der Waals surface area contributed by atoms with Crippen LogP contribution in [0.5, 0.6) is 5.75 Å². The molecule has 2 heterocycles. The van der Waals surface area contributed by atoms with E-state index in [1.807, 2.05) is 18.6 Å². The summed E-state index contributed by atoms with van der Waals surface area (Å²) >= 11 is 0. The van der Waals surface area contributed by atoms with Gasteiger partial charge >= 0.3 is 0 Å². The van der Waals surface area contributed by atoms with Crippen molar-refractivity contribution in [2.45, 2.75) is 39.7 Å². The number of aromatic nitrogens is 2. The summed E-state index contributed by atoms with van der Waals surface area (Å²) in [7, 11) is 1.73. The zero-order chi connectivity index (χ0) is 19.9. The largest absolute Gasteiger partial charge is 0.496 e. The molecule has 2 aromatic rings. The Bertz CT molecular complexity index is 771. The third-order valence-corrected chi connectivity index (χ3v) is 5.54. The molecule has 2 atom stereocenters. The number of nitrogens with zero attached hydrogens (tertiary/aromatic N) is 4. The van der Waals surface area contributed by atoms with Crippen molar-refractivity contribution in [2.75, 3.05) is 33.3 Å². The lowest BCUT2D eigenvalue weighted by Crippen LogP contribution is -2.49. The van der Waals surface area contributed by atoms with Crippen LogP contribution in [-0.4, -0.2) is 53.7 Å². The second-order valence-corrected chi connectivity index (χ2v) is 7.59.